The van der Waals surface area contributed by atoms with Crippen molar-refractivity contribution in [1.29, 1.82) is 0 Å². The van der Waals surface area contributed by atoms with E-state index in [1.165, 1.54) is 0 Å². The number of hydrogen-bond donors (Lipinski definition) is 2. The van der Waals surface area contributed by atoms with Crippen LogP contribution in [0.1, 0.15) is 32.6 Å². The molecule has 88 valence electrons. The van der Waals surface area contributed by atoms with Gasteiger partial charge in [-0.25, -0.2) is 0 Å². The predicted molar refractivity (Wildman–Crippen MR) is 67.1 cm³/mol. The minimum absolute atomic E-state index is 0.149. The van der Waals surface area contributed by atoms with Crippen LogP contribution >= 0.6 is 18.8 Å². The summed E-state index contributed by atoms with van der Waals surface area (Å²) in [7, 11) is 4.95. The molecule has 1 fully saturated rings. The summed E-state index contributed by atoms with van der Waals surface area (Å²) in [6, 6.07) is 0.153. The Morgan fingerprint density at radius 3 is 2.60 bits per heavy atom. The molecule has 1 saturated carbocycles. The van der Waals surface area contributed by atoms with Crippen molar-refractivity contribution in [3.8, 4) is 0 Å². The topological polar surface area (TPSA) is 52.6 Å². The molecule has 0 radical (unpaired) electrons. The fraction of sp³-hybridized carbons (Fsp3) is 0.889. The molecule has 0 aromatic rings. The summed E-state index contributed by atoms with van der Waals surface area (Å²) < 4.78 is 1.75. The maximum Gasteiger partial charge on any atom is 0.250 e. The van der Waals surface area contributed by atoms with E-state index in [-0.39, 0.29) is 11.9 Å². The predicted octanol–water partition coefficient (Wildman–Crippen LogP) is 0.677. The van der Waals surface area contributed by atoms with Gasteiger partial charge in [0.1, 0.15) is 6.10 Å². The number of nitrogens with zero attached hydrogens (tertiary/aromatic N) is 1. The van der Waals surface area contributed by atoms with Crippen LogP contribution in [0.2, 0.25) is 0 Å². The summed E-state index contributed by atoms with van der Waals surface area (Å²) in [6.45, 7) is 2.04. The van der Waals surface area contributed by atoms with E-state index in [4.69, 9.17) is 0 Å². The molecule has 2 N–H and O–H groups in total. The number of aliphatic hydroxyl groups excluding tert-OH is 1. The van der Waals surface area contributed by atoms with Crippen molar-refractivity contribution in [2.24, 2.45) is 0 Å². The van der Waals surface area contributed by atoms with Crippen molar-refractivity contribution < 1.29 is 9.90 Å². The number of carbonyl (C=O) groups is 1. The van der Waals surface area contributed by atoms with E-state index < -0.39 is 6.10 Å². The lowest BCUT2D eigenvalue weighted by atomic mass is 10.1. The average Bonchev–Trinajstić information content (AvgIpc) is 2.96. The molecule has 4 atom stereocenters. The van der Waals surface area contributed by atoms with Gasteiger partial charge < -0.3 is 10.4 Å². The van der Waals surface area contributed by atoms with Crippen LogP contribution in [0.3, 0.4) is 0 Å². The van der Waals surface area contributed by atoms with Crippen molar-refractivity contribution in [2.45, 2.75) is 50.8 Å². The van der Waals surface area contributed by atoms with Crippen molar-refractivity contribution in [3.63, 3.8) is 0 Å². The van der Waals surface area contributed by atoms with Crippen LogP contribution in [0.15, 0.2) is 0 Å². The zero-order chi connectivity index (χ0) is 11.4. The molecule has 1 aliphatic rings. The first-order valence-corrected chi connectivity index (χ1v) is 6.36. The van der Waals surface area contributed by atoms with Crippen LogP contribution in [0.5, 0.6) is 0 Å². The molecule has 0 aliphatic heterocycles. The van der Waals surface area contributed by atoms with Gasteiger partial charge in [-0.2, -0.15) is 0 Å². The first kappa shape index (κ1) is 13.3. The number of hydrogen-bond acceptors (Lipinski definition) is 3. The minimum atomic E-state index is -0.944. The van der Waals surface area contributed by atoms with E-state index >= 15 is 0 Å². The van der Waals surface area contributed by atoms with E-state index in [2.05, 4.69) is 24.1 Å². The minimum Gasteiger partial charge on any atom is -0.382 e. The highest BCUT2D eigenvalue weighted by Crippen LogP contribution is 2.22. The smallest absolute Gasteiger partial charge is 0.250 e. The van der Waals surface area contributed by atoms with Crippen molar-refractivity contribution in [1.82, 2.24) is 9.76 Å². The van der Waals surface area contributed by atoms with Gasteiger partial charge in [0, 0.05) is 6.04 Å². The number of amides is 1. The summed E-state index contributed by atoms with van der Waals surface area (Å²) in [4.78, 5) is 11.6. The number of nitrogens with one attached hydrogen (secondary N) is 1. The normalized spacial score (nSPS) is 20.1. The highest BCUT2D eigenvalue weighted by molar-refractivity contribution is 7.30. The molecule has 4 unspecified atom stereocenters. The Hall–Kier alpha value is 0.250. The van der Waals surface area contributed by atoms with Crippen molar-refractivity contribution in [2.75, 3.05) is 0 Å². The lowest BCUT2D eigenvalue weighted by Crippen LogP contribution is -2.46. The second kappa shape index (κ2) is 6.10. The van der Waals surface area contributed by atoms with Crippen molar-refractivity contribution >= 4 is 24.7 Å². The average molecular weight is 250 g/mol. The Morgan fingerprint density at radius 1 is 1.60 bits per heavy atom. The number of aliphatic hydroxyl groups is 1. The Balaban J connectivity index is 2.44. The molecule has 4 nitrogen and oxygen atoms in total. The van der Waals surface area contributed by atoms with Crippen LogP contribution in [0.25, 0.3) is 0 Å². The van der Waals surface area contributed by atoms with Gasteiger partial charge in [-0.3, -0.25) is 9.24 Å². The third kappa shape index (κ3) is 4.32. The van der Waals surface area contributed by atoms with Gasteiger partial charge in [0.2, 0.25) is 0 Å². The summed E-state index contributed by atoms with van der Waals surface area (Å²) >= 11 is 0. The zero-order valence-corrected chi connectivity index (χ0v) is 11.3. The Kier molecular flexibility index (Phi) is 5.42. The summed E-state index contributed by atoms with van der Waals surface area (Å²) in [5, 5.41) is 12.7. The van der Waals surface area contributed by atoms with Gasteiger partial charge in [0.05, 0.1) is 6.04 Å². The molecule has 1 rings (SSSR count). The molecule has 15 heavy (non-hydrogen) atoms. The van der Waals surface area contributed by atoms with Gasteiger partial charge in [-0.15, -0.1) is 0 Å². The summed E-state index contributed by atoms with van der Waals surface area (Å²) in [6.07, 6.45) is 2.88. The maximum atomic E-state index is 11.6. The van der Waals surface area contributed by atoms with Gasteiger partial charge in [-0.1, -0.05) is 32.1 Å². The van der Waals surface area contributed by atoms with E-state index in [1.54, 1.807) is 4.44 Å². The van der Waals surface area contributed by atoms with Crippen LogP contribution in [-0.2, 0) is 4.79 Å². The summed E-state index contributed by atoms with van der Waals surface area (Å²) in [5.41, 5.74) is 0. The fourth-order valence-corrected chi connectivity index (χ4v) is 2.08. The highest BCUT2D eigenvalue weighted by Gasteiger charge is 2.31. The fourth-order valence-electron chi connectivity index (χ4n) is 1.45. The molecular formula is C9H20N2O2P2. The second-order valence-corrected chi connectivity index (χ2v) is 5.82. The van der Waals surface area contributed by atoms with Gasteiger partial charge in [0.25, 0.3) is 5.91 Å². The summed E-state index contributed by atoms with van der Waals surface area (Å²) in [5.74, 6) is -0.245. The number of rotatable bonds is 6. The quantitative estimate of drug-likeness (QED) is 0.681. The SMILES string of the molecule is CCCC(C(O)C(=O)NC1CC1)N(P)P. The van der Waals surface area contributed by atoms with E-state index in [0.717, 1.165) is 25.7 Å². The second-order valence-electron chi connectivity index (χ2n) is 4.03. The molecule has 0 bridgehead atoms. The third-order valence-electron chi connectivity index (χ3n) is 2.52. The molecule has 0 heterocycles. The molecule has 0 spiro atoms. The van der Waals surface area contributed by atoms with Gasteiger partial charge in [0.15, 0.2) is 0 Å². The highest BCUT2D eigenvalue weighted by atomic mass is 31.1. The molecular weight excluding hydrogens is 230 g/mol. The van der Waals surface area contributed by atoms with E-state index in [0.29, 0.717) is 6.04 Å². The molecule has 0 aromatic heterocycles. The molecule has 1 amide bonds. The molecule has 6 heteroatoms. The maximum absolute atomic E-state index is 11.6. The monoisotopic (exact) mass is 250 g/mol. The van der Waals surface area contributed by atoms with E-state index in [9.17, 15) is 9.90 Å². The van der Waals surface area contributed by atoms with Gasteiger partial charge in [-0.05, 0) is 19.3 Å². The first-order chi connectivity index (χ1) is 7.06. The largest absolute Gasteiger partial charge is 0.382 e. The van der Waals surface area contributed by atoms with E-state index in [1.807, 2.05) is 6.92 Å². The first-order valence-electron chi connectivity index (χ1n) is 5.33. The van der Waals surface area contributed by atoms with Crippen molar-refractivity contribution in [3.05, 3.63) is 0 Å². The molecule has 0 saturated heterocycles. The Morgan fingerprint density at radius 2 is 2.20 bits per heavy atom. The standard InChI is InChI=1S/C9H20N2O2P2/c1-2-3-7(11(14)15)8(12)9(13)10-6-4-5-6/h6-8,12H,2-5,14-15H2,1H3,(H,10,13). The Bertz CT molecular complexity index is 222. The van der Waals surface area contributed by atoms with Crippen LogP contribution in [0, 0.1) is 0 Å². The molecule has 1 aliphatic carbocycles. The third-order valence-corrected chi connectivity index (χ3v) is 3.29. The lowest BCUT2D eigenvalue weighted by molar-refractivity contribution is -0.131. The van der Waals surface area contributed by atoms with Gasteiger partial charge >= 0.3 is 0 Å². The van der Waals surface area contributed by atoms with Crippen LogP contribution < -0.4 is 5.32 Å². The van der Waals surface area contributed by atoms with Crippen LogP contribution in [-0.4, -0.2) is 33.6 Å². The van der Waals surface area contributed by atoms with Crippen LogP contribution in [0.4, 0.5) is 0 Å². The Labute approximate surface area is 95.7 Å². The number of carbonyl (C=O) groups excluding carboxylic acids is 1. The lowest BCUT2D eigenvalue weighted by Gasteiger charge is -2.27. The molecule has 0 aromatic carbocycles. The zero-order valence-electron chi connectivity index (χ0n) is 9.02.